The second kappa shape index (κ2) is 6.27. The van der Waals surface area contributed by atoms with E-state index in [0.29, 0.717) is 22.7 Å². The van der Waals surface area contributed by atoms with Gasteiger partial charge in [-0.1, -0.05) is 17.7 Å². The molecule has 0 heterocycles. The summed E-state index contributed by atoms with van der Waals surface area (Å²) in [4.78, 5) is 0.257. The standard InChI is InChI=1S/C16H19NO4S/c1-11-5-8-16(12(2)9-11)22(18,19)17-13-6-7-14(20-3)15(10-13)21-4/h5-10,17H,1-4H3. The molecule has 0 spiro atoms. The molecule has 2 rings (SSSR count). The molecule has 0 saturated carbocycles. The molecule has 0 aliphatic heterocycles. The Morgan fingerprint density at radius 2 is 1.59 bits per heavy atom. The van der Waals surface area contributed by atoms with Gasteiger partial charge >= 0.3 is 0 Å². The minimum Gasteiger partial charge on any atom is -0.493 e. The smallest absolute Gasteiger partial charge is 0.262 e. The minimum atomic E-state index is -3.65. The van der Waals surface area contributed by atoms with Crippen LogP contribution in [-0.2, 0) is 10.0 Å². The van der Waals surface area contributed by atoms with Crippen molar-refractivity contribution in [2.75, 3.05) is 18.9 Å². The van der Waals surface area contributed by atoms with Gasteiger partial charge in [0.05, 0.1) is 24.8 Å². The van der Waals surface area contributed by atoms with Gasteiger partial charge in [0.2, 0.25) is 0 Å². The van der Waals surface area contributed by atoms with E-state index >= 15 is 0 Å². The number of rotatable bonds is 5. The number of sulfonamides is 1. The zero-order valence-corrected chi connectivity index (χ0v) is 13.8. The lowest BCUT2D eigenvalue weighted by Crippen LogP contribution is -2.14. The van der Waals surface area contributed by atoms with Crippen LogP contribution in [0.25, 0.3) is 0 Å². The van der Waals surface area contributed by atoms with Crippen molar-refractivity contribution < 1.29 is 17.9 Å². The zero-order valence-electron chi connectivity index (χ0n) is 13.0. The molecular formula is C16H19NO4S. The summed E-state index contributed by atoms with van der Waals surface area (Å²) in [5.41, 5.74) is 2.13. The molecule has 0 aliphatic carbocycles. The van der Waals surface area contributed by atoms with Crippen molar-refractivity contribution in [3.05, 3.63) is 47.5 Å². The number of hydrogen-bond donors (Lipinski definition) is 1. The highest BCUT2D eigenvalue weighted by Gasteiger charge is 2.17. The molecule has 0 aliphatic rings. The summed E-state index contributed by atoms with van der Waals surface area (Å²) in [6, 6.07) is 10.1. The fraction of sp³-hybridized carbons (Fsp3) is 0.250. The van der Waals surface area contributed by atoms with Gasteiger partial charge in [0.25, 0.3) is 10.0 Å². The lowest BCUT2D eigenvalue weighted by atomic mass is 10.2. The molecule has 118 valence electrons. The molecule has 0 fully saturated rings. The Balaban J connectivity index is 2.36. The van der Waals surface area contributed by atoms with Gasteiger partial charge in [0.1, 0.15) is 0 Å². The molecule has 2 aromatic carbocycles. The van der Waals surface area contributed by atoms with Gasteiger partial charge in [-0.25, -0.2) is 8.42 Å². The fourth-order valence-electron chi connectivity index (χ4n) is 2.21. The third-order valence-electron chi connectivity index (χ3n) is 3.26. The maximum atomic E-state index is 12.5. The monoisotopic (exact) mass is 321 g/mol. The van der Waals surface area contributed by atoms with E-state index in [-0.39, 0.29) is 4.90 Å². The molecular weight excluding hydrogens is 302 g/mol. The fourth-order valence-corrected chi connectivity index (χ4v) is 3.49. The van der Waals surface area contributed by atoms with Crippen LogP contribution in [0.1, 0.15) is 11.1 Å². The number of nitrogens with one attached hydrogen (secondary N) is 1. The van der Waals surface area contributed by atoms with Crippen molar-refractivity contribution in [2.24, 2.45) is 0 Å². The molecule has 1 N–H and O–H groups in total. The van der Waals surface area contributed by atoms with Crippen LogP contribution < -0.4 is 14.2 Å². The summed E-state index contributed by atoms with van der Waals surface area (Å²) < 4.78 is 37.9. The molecule has 0 amide bonds. The van der Waals surface area contributed by atoms with Gasteiger partial charge in [-0.05, 0) is 37.6 Å². The van der Waals surface area contributed by atoms with E-state index in [9.17, 15) is 8.42 Å². The van der Waals surface area contributed by atoms with Crippen LogP contribution in [0.5, 0.6) is 11.5 Å². The average molecular weight is 321 g/mol. The number of benzene rings is 2. The Labute approximate surface area is 130 Å². The number of ether oxygens (including phenoxy) is 2. The zero-order chi connectivity index (χ0) is 16.3. The van der Waals surface area contributed by atoms with E-state index in [2.05, 4.69) is 4.72 Å². The van der Waals surface area contributed by atoms with Crippen molar-refractivity contribution in [3.8, 4) is 11.5 Å². The van der Waals surface area contributed by atoms with Gasteiger partial charge in [-0.2, -0.15) is 0 Å². The first-order chi connectivity index (χ1) is 10.4. The molecule has 0 aromatic heterocycles. The highest BCUT2D eigenvalue weighted by atomic mass is 32.2. The van der Waals surface area contributed by atoms with Crippen LogP contribution in [-0.4, -0.2) is 22.6 Å². The van der Waals surface area contributed by atoms with Crippen LogP contribution >= 0.6 is 0 Å². The topological polar surface area (TPSA) is 64.6 Å². The highest BCUT2D eigenvalue weighted by Crippen LogP contribution is 2.31. The Hall–Kier alpha value is -2.21. The maximum Gasteiger partial charge on any atom is 0.262 e. The number of aryl methyl sites for hydroxylation is 2. The second-order valence-electron chi connectivity index (χ2n) is 4.94. The Bertz CT molecular complexity index is 785. The highest BCUT2D eigenvalue weighted by molar-refractivity contribution is 7.92. The lowest BCUT2D eigenvalue weighted by molar-refractivity contribution is 0.355. The van der Waals surface area contributed by atoms with Crippen molar-refractivity contribution >= 4 is 15.7 Å². The van der Waals surface area contributed by atoms with Gasteiger partial charge in [0.15, 0.2) is 11.5 Å². The summed E-state index contributed by atoms with van der Waals surface area (Å²) in [6.45, 7) is 3.70. The first kappa shape index (κ1) is 16.2. The number of hydrogen-bond acceptors (Lipinski definition) is 4. The van der Waals surface area contributed by atoms with Crippen LogP contribution in [0.2, 0.25) is 0 Å². The third-order valence-corrected chi connectivity index (χ3v) is 4.80. The van der Waals surface area contributed by atoms with Crippen molar-refractivity contribution in [1.29, 1.82) is 0 Å². The summed E-state index contributed by atoms with van der Waals surface area (Å²) >= 11 is 0. The third kappa shape index (κ3) is 3.33. The lowest BCUT2D eigenvalue weighted by Gasteiger charge is -2.13. The Morgan fingerprint density at radius 3 is 2.18 bits per heavy atom. The van der Waals surface area contributed by atoms with Gasteiger partial charge in [-0.15, -0.1) is 0 Å². The average Bonchev–Trinajstić information content (AvgIpc) is 2.46. The quantitative estimate of drug-likeness (QED) is 0.919. The van der Waals surface area contributed by atoms with Crippen LogP contribution in [0.3, 0.4) is 0 Å². The summed E-state index contributed by atoms with van der Waals surface area (Å²) in [5, 5.41) is 0. The van der Waals surface area contributed by atoms with Crippen molar-refractivity contribution in [1.82, 2.24) is 0 Å². The first-order valence-electron chi connectivity index (χ1n) is 6.69. The van der Waals surface area contributed by atoms with Crippen LogP contribution in [0, 0.1) is 13.8 Å². The minimum absolute atomic E-state index is 0.257. The number of methoxy groups -OCH3 is 2. The Morgan fingerprint density at radius 1 is 0.909 bits per heavy atom. The van der Waals surface area contributed by atoms with Gasteiger partial charge < -0.3 is 9.47 Å². The molecule has 0 unspecified atom stereocenters. The molecule has 6 heteroatoms. The van der Waals surface area contributed by atoms with E-state index in [1.54, 1.807) is 37.3 Å². The first-order valence-corrected chi connectivity index (χ1v) is 8.18. The van der Waals surface area contributed by atoms with E-state index in [4.69, 9.17) is 9.47 Å². The van der Waals surface area contributed by atoms with E-state index < -0.39 is 10.0 Å². The molecule has 22 heavy (non-hydrogen) atoms. The predicted molar refractivity (Wildman–Crippen MR) is 86.3 cm³/mol. The summed E-state index contributed by atoms with van der Waals surface area (Å²) in [5.74, 6) is 1.00. The summed E-state index contributed by atoms with van der Waals surface area (Å²) in [6.07, 6.45) is 0. The van der Waals surface area contributed by atoms with E-state index in [0.717, 1.165) is 5.56 Å². The van der Waals surface area contributed by atoms with E-state index in [1.165, 1.54) is 14.2 Å². The largest absolute Gasteiger partial charge is 0.493 e. The molecule has 0 atom stereocenters. The van der Waals surface area contributed by atoms with Crippen molar-refractivity contribution in [2.45, 2.75) is 18.7 Å². The van der Waals surface area contributed by atoms with Crippen molar-refractivity contribution in [3.63, 3.8) is 0 Å². The van der Waals surface area contributed by atoms with Gasteiger partial charge in [-0.3, -0.25) is 4.72 Å². The second-order valence-corrected chi connectivity index (χ2v) is 6.60. The predicted octanol–water partition coefficient (Wildman–Crippen LogP) is 3.12. The maximum absolute atomic E-state index is 12.5. The molecule has 2 aromatic rings. The molecule has 0 saturated heterocycles. The SMILES string of the molecule is COc1ccc(NS(=O)(=O)c2ccc(C)cc2C)cc1OC. The molecule has 0 bridgehead atoms. The number of anilines is 1. The Kier molecular flexibility index (Phi) is 4.61. The normalized spacial score (nSPS) is 11.1. The summed E-state index contributed by atoms with van der Waals surface area (Å²) in [7, 11) is -0.626. The molecule has 5 nitrogen and oxygen atoms in total. The van der Waals surface area contributed by atoms with E-state index in [1.807, 2.05) is 13.0 Å². The van der Waals surface area contributed by atoms with Crippen LogP contribution in [0.4, 0.5) is 5.69 Å². The molecule has 0 radical (unpaired) electrons. The van der Waals surface area contributed by atoms with Crippen LogP contribution in [0.15, 0.2) is 41.3 Å². The van der Waals surface area contributed by atoms with Gasteiger partial charge in [0, 0.05) is 6.07 Å².